The van der Waals surface area contributed by atoms with E-state index in [2.05, 4.69) is 9.97 Å². The van der Waals surface area contributed by atoms with Crippen LogP contribution in [0, 0.1) is 11.2 Å². The number of hydrogen-bond donors (Lipinski definition) is 2. The fraction of sp³-hybridized carbons (Fsp3) is 0.381. The van der Waals surface area contributed by atoms with Crippen molar-refractivity contribution in [2.24, 2.45) is 5.41 Å². The molecule has 12 heteroatoms. The fourth-order valence-corrected chi connectivity index (χ4v) is 3.79. The second-order valence-corrected chi connectivity index (χ2v) is 8.42. The Morgan fingerprint density at radius 1 is 1.21 bits per heavy atom. The van der Waals surface area contributed by atoms with E-state index in [9.17, 15) is 19.5 Å². The van der Waals surface area contributed by atoms with Gasteiger partial charge in [-0.15, -0.1) is 0 Å². The molecule has 2 aromatic rings. The summed E-state index contributed by atoms with van der Waals surface area (Å²) in [5, 5.41) is 9.32. The van der Waals surface area contributed by atoms with Crippen LogP contribution < -0.4 is 20.3 Å². The molecule has 3 amide bonds. The fourth-order valence-electron chi connectivity index (χ4n) is 3.79. The first kappa shape index (κ1) is 22.2. The molecule has 2 aliphatic rings. The highest BCUT2D eigenvalue weighted by atomic mass is 19.1. The van der Waals surface area contributed by atoms with E-state index in [-0.39, 0.29) is 61.4 Å². The van der Waals surface area contributed by atoms with E-state index in [0.29, 0.717) is 0 Å². The van der Waals surface area contributed by atoms with Crippen LogP contribution in [0.2, 0.25) is 0 Å². The monoisotopic (exact) mass is 458 g/mol. The van der Waals surface area contributed by atoms with Gasteiger partial charge in [0.05, 0.1) is 17.6 Å². The molecule has 4 rings (SSSR count). The number of halogens is 1. The van der Waals surface area contributed by atoms with E-state index in [0.717, 1.165) is 6.07 Å². The summed E-state index contributed by atoms with van der Waals surface area (Å²) in [7, 11) is 0. The molecule has 0 atom stereocenters. The van der Waals surface area contributed by atoms with E-state index >= 15 is 4.39 Å². The third-order valence-corrected chi connectivity index (χ3v) is 5.65. The predicted molar refractivity (Wildman–Crippen MR) is 116 cm³/mol. The predicted octanol–water partition coefficient (Wildman–Crippen LogP) is 1.59. The second-order valence-electron chi connectivity index (χ2n) is 8.42. The van der Waals surface area contributed by atoms with Crippen molar-refractivity contribution in [3.63, 3.8) is 0 Å². The van der Waals surface area contributed by atoms with Crippen molar-refractivity contribution in [2.45, 2.75) is 13.8 Å². The zero-order chi connectivity index (χ0) is 23.9. The first-order valence-electron chi connectivity index (χ1n) is 10.2. The van der Waals surface area contributed by atoms with Gasteiger partial charge in [-0.25, -0.2) is 19.2 Å². The van der Waals surface area contributed by atoms with E-state index in [1.54, 1.807) is 0 Å². The smallest absolute Gasteiger partial charge is 0.324 e. The summed E-state index contributed by atoms with van der Waals surface area (Å²) in [6, 6.07) is 3.63. The Morgan fingerprint density at radius 2 is 1.97 bits per heavy atom. The Bertz CT molecular complexity index is 1140. The number of rotatable bonds is 5. The number of carboxylic acid groups (broad SMARTS) is 1. The van der Waals surface area contributed by atoms with Gasteiger partial charge in [0.1, 0.15) is 30.1 Å². The van der Waals surface area contributed by atoms with Gasteiger partial charge < -0.3 is 25.4 Å². The number of aromatic nitrogens is 2. The van der Waals surface area contributed by atoms with Crippen molar-refractivity contribution in [1.82, 2.24) is 14.9 Å². The summed E-state index contributed by atoms with van der Waals surface area (Å²) in [5.41, 5.74) is 5.01. The Balaban J connectivity index is 1.57. The van der Waals surface area contributed by atoms with Crippen LogP contribution in [0.1, 0.15) is 24.2 Å². The summed E-state index contributed by atoms with van der Waals surface area (Å²) in [6.07, 6.45) is 1.19. The number of aliphatic carboxylic acids is 1. The molecule has 1 aromatic carbocycles. The van der Waals surface area contributed by atoms with Crippen LogP contribution in [0.25, 0.3) is 0 Å². The first-order valence-corrected chi connectivity index (χ1v) is 10.2. The SMILES string of the molecule is CC(C)(CN1CCN(c2ccc(N3CCOc4ncnc(N)c4C3=O)cc2F)C1=O)C(=O)O. The van der Waals surface area contributed by atoms with Gasteiger partial charge in [0.2, 0.25) is 5.88 Å². The third kappa shape index (κ3) is 3.99. The quantitative estimate of drug-likeness (QED) is 0.688. The van der Waals surface area contributed by atoms with Crippen molar-refractivity contribution in [2.75, 3.05) is 48.3 Å². The highest BCUT2D eigenvalue weighted by Gasteiger charge is 2.38. The van der Waals surface area contributed by atoms with Crippen LogP contribution in [0.15, 0.2) is 24.5 Å². The van der Waals surface area contributed by atoms with Crippen molar-refractivity contribution in [1.29, 1.82) is 0 Å². The Labute approximate surface area is 188 Å². The molecule has 11 nitrogen and oxygen atoms in total. The maximum absolute atomic E-state index is 15.1. The van der Waals surface area contributed by atoms with Gasteiger partial charge in [-0.2, -0.15) is 0 Å². The van der Waals surface area contributed by atoms with Gasteiger partial charge in [-0.3, -0.25) is 14.5 Å². The lowest BCUT2D eigenvalue weighted by Gasteiger charge is -2.26. The number of carboxylic acids is 1. The van der Waals surface area contributed by atoms with Gasteiger partial charge in [0.15, 0.2) is 0 Å². The normalized spacial score (nSPS) is 16.5. The van der Waals surface area contributed by atoms with Gasteiger partial charge in [-0.05, 0) is 32.0 Å². The number of benzene rings is 1. The minimum Gasteiger partial charge on any atom is -0.481 e. The standard InChI is InChI=1S/C21H23FN6O5/c1-21(2,19(30)31)10-26-5-6-28(20(26)32)14-4-3-12(9-13(14)22)27-7-8-33-17-15(18(27)29)16(23)24-11-25-17/h3-4,9,11H,5-8,10H2,1-2H3,(H,30,31)(H2,23,24,25). The van der Waals surface area contributed by atoms with Crippen LogP contribution in [0.4, 0.5) is 26.4 Å². The van der Waals surface area contributed by atoms with Gasteiger partial charge in [0, 0.05) is 25.3 Å². The minimum atomic E-state index is -1.13. The largest absolute Gasteiger partial charge is 0.481 e. The Kier molecular flexibility index (Phi) is 5.52. The molecule has 0 bridgehead atoms. The number of carbonyl (C=O) groups excluding carboxylic acids is 2. The number of hydrogen-bond acceptors (Lipinski definition) is 7. The zero-order valence-corrected chi connectivity index (χ0v) is 18.1. The number of ether oxygens (including phenoxy) is 1. The van der Waals surface area contributed by atoms with Gasteiger partial charge in [0.25, 0.3) is 5.91 Å². The van der Waals surface area contributed by atoms with Crippen LogP contribution in [0.5, 0.6) is 5.88 Å². The van der Waals surface area contributed by atoms with Crippen LogP contribution in [0.3, 0.4) is 0 Å². The molecule has 0 spiro atoms. The Hall–Kier alpha value is -3.96. The lowest BCUT2D eigenvalue weighted by molar-refractivity contribution is -0.147. The number of nitrogens with zero attached hydrogens (tertiary/aromatic N) is 5. The van der Waals surface area contributed by atoms with Crippen molar-refractivity contribution in [3.05, 3.63) is 35.9 Å². The van der Waals surface area contributed by atoms with Gasteiger partial charge in [-0.1, -0.05) is 0 Å². The molecule has 0 radical (unpaired) electrons. The molecular formula is C21H23FN6O5. The third-order valence-electron chi connectivity index (χ3n) is 5.65. The number of nitrogens with two attached hydrogens (primary N) is 1. The summed E-state index contributed by atoms with van der Waals surface area (Å²) < 4.78 is 20.6. The topological polar surface area (TPSA) is 142 Å². The molecular weight excluding hydrogens is 435 g/mol. The molecule has 3 heterocycles. The van der Waals surface area contributed by atoms with E-state index in [1.165, 1.54) is 47.0 Å². The summed E-state index contributed by atoms with van der Waals surface area (Å²) >= 11 is 0. The van der Waals surface area contributed by atoms with Crippen LogP contribution >= 0.6 is 0 Å². The highest BCUT2D eigenvalue weighted by molar-refractivity contribution is 6.10. The van der Waals surface area contributed by atoms with Crippen molar-refractivity contribution in [3.8, 4) is 5.88 Å². The molecule has 0 saturated carbocycles. The minimum absolute atomic E-state index is 0.00253. The summed E-state index contributed by atoms with van der Waals surface area (Å²) in [4.78, 5) is 48.9. The lowest BCUT2D eigenvalue weighted by atomic mass is 9.93. The zero-order valence-electron chi connectivity index (χ0n) is 18.1. The van der Waals surface area contributed by atoms with Crippen molar-refractivity contribution < 1.29 is 28.6 Å². The molecule has 0 aliphatic carbocycles. The molecule has 1 fully saturated rings. The number of amides is 3. The number of nitrogen functional groups attached to an aromatic ring is 1. The molecule has 1 aromatic heterocycles. The first-order chi connectivity index (χ1) is 15.6. The maximum Gasteiger partial charge on any atom is 0.324 e. The summed E-state index contributed by atoms with van der Waals surface area (Å²) in [5.74, 6) is -2.22. The average Bonchev–Trinajstić information content (AvgIpc) is 2.99. The van der Waals surface area contributed by atoms with Crippen LogP contribution in [-0.4, -0.2) is 70.7 Å². The van der Waals surface area contributed by atoms with Crippen LogP contribution in [-0.2, 0) is 4.79 Å². The van der Waals surface area contributed by atoms with E-state index < -0.39 is 29.1 Å². The number of fused-ring (bicyclic) bond motifs is 1. The lowest BCUT2D eigenvalue weighted by Crippen LogP contribution is -2.41. The number of carbonyl (C=O) groups is 3. The average molecular weight is 458 g/mol. The number of urea groups is 1. The Morgan fingerprint density at radius 3 is 2.67 bits per heavy atom. The molecule has 3 N–H and O–H groups in total. The molecule has 33 heavy (non-hydrogen) atoms. The van der Waals surface area contributed by atoms with Crippen molar-refractivity contribution >= 4 is 35.1 Å². The summed E-state index contributed by atoms with van der Waals surface area (Å²) in [6.45, 7) is 3.79. The molecule has 1 saturated heterocycles. The number of anilines is 3. The molecule has 2 aliphatic heterocycles. The van der Waals surface area contributed by atoms with E-state index in [1.807, 2.05) is 0 Å². The molecule has 0 unspecified atom stereocenters. The molecule has 174 valence electrons. The van der Waals surface area contributed by atoms with E-state index in [4.69, 9.17) is 10.5 Å². The maximum atomic E-state index is 15.1. The highest BCUT2D eigenvalue weighted by Crippen LogP contribution is 2.32. The second kappa shape index (κ2) is 8.19. The van der Waals surface area contributed by atoms with Gasteiger partial charge >= 0.3 is 12.0 Å².